The summed E-state index contributed by atoms with van der Waals surface area (Å²) in [5.74, 6) is 1.05. The summed E-state index contributed by atoms with van der Waals surface area (Å²) in [6, 6.07) is 17.4. The molecule has 0 aliphatic rings. The molecular formula is C18H18N2O2S. The van der Waals surface area contributed by atoms with Gasteiger partial charge in [-0.1, -0.05) is 36.4 Å². The van der Waals surface area contributed by atoms with Crippen molar-refractivity contribution in [1.29, 1.82) is 0 Å². The standard InChI is InChI=1S/C18H18N2O2S/c21-12-15-2-4-16(5-3-15)13-23(22)14-17-6-8-18(9-7-17)20-11-1-10-19-20/h1-11,21H,12-14H2. The van der Waals surface area contributed by atoms with Crippen molar-refractivity contribution in [2.75, 3.05) is 0 Å². The molecule has 118 valence electrons. The number of rotatable bonds is 6. The van der Waals surface area contributed by atoms with E-state index in [2.05, 4.69) is 5.10 Å². The van der Waals surface area contributed by atoms with E-state index in [1.807, 2.05) is 60.8 Å². The van der Waals surface area contributed by atoms with Crippen LogP contribution in [0.25, 0.3) is 5.69 Å². The SMILES string of the molecule is O=S(Cc1ccc(CO)cc1)Cc1ccc(-n2cccn2)cc1. The number of aromatic nitrogens is 2. The van der Waals surface area contributed by atoms with Gasteiger partial charge in [0.05, 0.1) is 12.3 Å². The summed E-state index contributed by atoms with van der Waals surface area (Å²) in [6.07, 6.45) is 3.63. The molecule has 1 unspecified atom stereocenters. The minimum Gasteiger partial charge on any atom is -0.392 e. The molecule has 0 saturated carbocycles. The Bertz CT molecular complexity index is 766. The van der Waals surface area contributed by atoms with Gasteiger partial charge in [0, 0.05) is 34.7 Å². The quantitative estimate of drug-likeness (QED) is 0.758. The molecule has 0 aliphatic heterocycles. The van der Waals surface area contributed by atoms with E-state index >= 15 is 0 Å². The van der Waals surface area contributed by atoms with Crippen LogP contribution < -0.4 is 0 Å². The Morgan fingerprint density at radius 3 is 2.00 bits per heavy atom. The van der Waals surface area contributed by atoms with Crippen LogP contribution in [0.4, 0.5) is 0 Å². The van der Waals surface area contributed by atoms with Crippen molar-refractivity contribution in [2.45, 2.75) is 18.1 Å². The first-order valence-electron chi connectivity index (χ1n) is 7.37. The molecule has 0 bridgehead atoms. The van der Waals surface area contributed by atoms with Gasteiger partial charge in [-0.25, -0.2) is 4.68 Å². The predicted molar refractivity (Wildman–Crippen MR) is 91.5 cm³/mol. The third kappa shape index (κ3) is 4.15. The van der Waals surface area contributed by atoms with Crippen LogP contribution in [0.1, 0.15) is 16.7 Å². The zero-order valence-corrected chi connectivity index (χ0v) is 13.4. The maximum Gasteiger partial charge on any atom is 0.0681 e. The summed E-state index contributed by atoms with van der Waals surface area (Å²) >= 11 is 0. The molecule has 3 aromatic rings. The van der Waals surface area contributed by atoms with E-state index in [9.17, 15) is 4.21 Å². The predicted octanol–water partition coefficient (Wildman–Crippen LogP) is 2.81. The van der Waals surface area contributed by atoms with Crippen LogP contribution in [0.2, 0.25) is 0 Å². The van der Waals surface area contributed by atoms with Gasteiger partial charge in [-0.3, -0.25) is 4.21 Å². The van der Waals surface area contributed by atoms with Gasteiger partial charge in [0.2, 0.25) is 0 Å². The van der Waals surface area contributed by atoms with Crippen LogP contribution in [0.15, 0.2) is 67.0 Å². The van der Waals surface area contributed by atoms with Crippen molar-refractivity contribution in [2.24, 2.45) is 0 Å². The van der Waals surface area contributed by atoms with Crippen molar-refractivity contribution in [3.05, 3.63) is 83.7 Å². The second kappa shape index (κ2) is 7.35. The summed E-state index contributed by atoms with van der Waals surface area (Å²) in [5, 5.41) is 13.2. The van der Waals surface area contributed by atoms with Crippen LogP contribution in [-0.2, 0) is 28.9 Å². The Morgan fingerprint density at radius 2 is 1.48 bits per heavy atom. The van der Waals surface area contributed by atoms with Gasteiger partial charge in [-0.15, -0.1) is 0 Å². The van der Waals surface area contributed by atoms with E-state index in [1.165, 1.54) is 0 Å². The lowest BCUT2D eigenvalue weighted by atomic mass is 10.2. The second-order valence-corrected chi connectivity index (χ2v) is 6.78. The number of nitrogens with zero attached hydrogens (tertiary/aromatic N) is 2. The fraction of sp³-hybridized carbons (Fsp3) is 0.167. The maximum atomic E-state index is 12.3. The van der Waals surface area contributed by atoms with Crippen molar-refractivity contribution >= 4 is 10.8 Å². The lowest BCUT2D eigenvalue weighted by Gasteiger charge is -2.06. The Hall–Kier alpha value is -2.24. The minimum absolute atomic E-state index is 0.0337. The Labute approximate surface area is 137 Å². The summed E-state index contributed by atoms with van der Waals surface area (Å²) in [6.45, 7) is 0.0337. The Balaban J connectivity index is 1.61. The minimum atomic E-state index is -0.959. The molecule has 1 atom stereocenters. The molecule has 1 heterocycles. The van der Waals surface area contributed by atoms with Gasteiger partial charge < -0.3 is 5.11 Å². The molecule has 5 heteroatoms. The first-order valence-corrected chi connectivity index (χ1v) is 8.86. The zero-order valence-electron chi connectivity index (χ0n) is 12.6. The lowest BCUT2D eigenvalue weighted by Crippen LogP contribution is -2.00. The third-order valence-corrected chi connectivity index (χ3v) is 4.88. The third-order valence-electron chi connectivity index (χ3n) is 3.57. The summed E-state index contributed by atoms with van der Waals surface area (Å²) < 4.78 is 14.1. The molecule has 23 heavy (non-hydrogen) atoms. The first-order chi connectivity index (χ1) is 11.2. The monoisotopic (exact) mass is 326 g/mol. The van der Waals surface area contributed by atoms with E-state index in [-0.39, 0.29) is 6.61 Å². The van der Waals surface area contributed by atoms with Gasteiger partial charge in [0.25, 0.3) is 0 Å². The molecule has 0 amide bonds. The Morgan fingerprint density at radius 1 is 0.913 bits per heavy atom. The van der Waals surface area contributed by atoms with E-state index in [0.29, 0.717) is 11.5 Å². The lowest BCUT2D eigenvalue weighted by molar-refractivity contribution is 0.282. The van der Waals surface area contributed by atoms with Crippen molar-refractivity contribution in [3.8, 4) is 5.69 Å². The summed E-state index contributed by atoms with van der Waals surface area (Å²) in [4.78, 5) is 0. The molecule has 2 aromatic carbocycles. The van der Waals surface area contributed by atoms with Crippen LogP contribution in [0.5, 0.6) is 0 Å². The topological polar surface area (TPSA) is 55.1 Å². The average Bonchev–Trinajstić information content (AvgIpc) is 3.11. The van der Waals surface area contributed by atoms with Gasteiger partial charge >= 0.3 is 0 Å². The van der Waals surface area contributed by atoms with Crippen LogP contribution in [0, 0.1) is 0 Å². The van der Waals surface area contributed by atoms with Gasteiger partial charge in [-0.2, -0.15) is 5.10 Å². The molecule has 0 radical (unpaired) electrons. The molecule has 0 saturated heterocycles. The first kappa shape index (κ1) is 15.6. The second-order valence-electron chi connectivity index (χ2n) is 5.32. The van der Waals surface area contributed by atoms with Crippen LogP contribution in [0.3, 0.4) is 0 Å². The van der Waals surface area contributed by atoms with Crippen molar-refractivity contribution in [1.82, 2.24) is 9.78 Å². The summed E-state index contributed by atoms with van der Waals surface area (Å²) in [5.41, 5.74) is 3.93. The number of hydrogen-bond donors (Lipinski definition) is 1. The molecular weight excluding hydrogens is 308 g/mol. The maximum absolute atomic E-state index is 12.3. The average molecular weight is 326 g/mol. The number of aliphatic hydroxyl groups excluding tert-OH is 1. The largest absolute Gasteiger partial charge is 0.392 e. The van der Waals surface area contributed by atoms with Crippen LogP contribution >= 0.6 is 0 Å². The fourth-order valence-corrected chi connectivity index (χ4v) is 3.56. The molecule has 1 aromatic heterocycles. The molecule has 0 spiro atoms. The van der Waals surface area contributed by atoms with Gasteiger partial charge in [0.1, 0.15) is 0 Å². The molecule has 4 nitrogen and oxygen atoms in total. The summed E-state index contributed by atoms with van der Waals surface area (Å²) in [7, 11) is -0.959. The highest BCUT2D eigenvalue weighted by Gasteiger charge is 2.05. The highest BCUT2D eigenvalue weighted by atomic mass is 32.2. The molecule has 0 fully saturated rings. The van der Waals surface area contributed by atoms with Crippen LogP contribution in [-0.4, -0.2) is 19.1 Å². The highest BCUT2D eigenvalue weighted by molar-refractivity contribution is 7.83. The molecule has 3 rings (SSSR count). The van der Waals surface area contributed by atoms with Crippen molar-refractivity contribution < 1.29 is 9.32 Å². The number of hydrogen-bond acceptors (Lipinski definition) is 3. The van der Waals surface area contributed by atoms with E-state index in [1.54, 1.807) is 10.9 Å². The Kier molecular flexibility index (Phi) is 5.00. The van der Waals surface area contributed by atoms with E-state index in [4.69, 9.17) is 5.11 Å². The normalized spacial score (nSPS) is 12.2. The molecule has 1 N–H and O–H groups in total. The van der Waals surface area contributed by atoms with Gasteiger partial charge in [0.15, 0.2) is 0 Å². The molecule has 0 aliphatic carbocycles. The number of aliphatic hydroxyl groups is 1. The highest BCUT2D eigenvalue weighted by Crippen LogP contribution is 2.13. The van der Waals surface area contributed by atoms with Crippen molar-refractivity contribution in [3.63, 3.8) is 0 Å². The number of benzene rings is 2. The van der Waals surface area contributed by atoms with E-state index < -0.39 is 10.8 Å². The van der Waals surface area contributed by atoms with E-state index in [0.717, 1.165) is 22.4 Å². The zero-order chi connectivity index (χ0) is 16.1. The fourth-order valence-electron chi connectivity index (χ4n) is 2.33. The van der Waals surface area contributed by atoms with Gasteiger partial charge in [-0.05, 0) is 34.9 Å². The smallest absolute Gasteiger partial charge is 0.0681 e.